The van der Waals surface area contributed by atoms with E-state index in [-0.39, 0.29) is 35.8 Å². The van der Waals surface area contributed by atoms with Crippen molar-refractivity contribution < 1.29 is 18.0 Å². The first-order chi connectivity index (χ1) is 10.7. The number of hydrogen-bond acceptors (Lipinski definition) is 5. The molecule has 0 spiro atoms. The summed E-state index contributed by atoms with van der Waals surface area (Å²) < 4.78 is 26.8. The number of sulfonamides is 1. The zero-order valence-corrected chi connectivity index (χ0v) is 15.3. The number of amides is 2. The minimum Gasteiger partial charge on any atom is -0.351 e. The molecule has 0 heterocycles. The quantitative estimate of drug-likeness (QED) is 0.538. The highest BCUT2D eigenvalue weighted by Crippen LogP contribution is 2.14. The average Bonchev–Trinajstić information content (AvgIpc) is 2.46. The maximum absolute atomic E-state index is 12.2. The lowest BCUT2D eigenvalue weighted by molar-refractivity contribution is -0.122. The van der Waals surface area contributed by atoms with Gasteiger partial charge in [-0.3, -0.25) is 9.59 Å². The normalized spacial score (nSPS) is 13.3. The Bertz CT molecular complexity index is 664. The van der Waals surface area contributed by atoms with Gasteiger partial charge >= 0.3 is 0 Å². The number of anilines is 1. The highest BCUT2D eigenvalue weighted by molar-refractivity contribution is 7.89. The monoisotopic (exact) mass is 378 g/mol. The van der Waals surface area contributed by atoms with Crippen molar-refractivity contribution in [1.29, 1.82) is 0 Å². The van der Waals surface area contributed by atoms with Gasteiger partial charge in [-0.05, 0) is 38.1 Å². The molecule has 1 rings (SSSR count). The van der Waals surface area contributed by atoms with E-state index < -0.39 is 22.0 Å². The van der Waals surface area contributed by atoms with Crippen LogP contribution in [0.15, 0.2) is 29.2 Å². The molecule has 8 nitrogen and oxygen atoms in total. The molecule has 0 aliphatic heterocycles. The van der Waals surface area contributed by atoms with Crippen molar-refractivity contribution in [2.45, 2.75) is 37.8 Å². The van der Waals surface area contributed by atoms with Crippen LogP contribution in [-0.2, 0) is 19.6 Å². The standard InChI is InChI=1S/C14H22N4O4S.ClH/c1-9(8-15)16-14(20)10(2)18-23(21,22)13-6-4-12(5-7-13)17-11(3)19;/h4-7,9-10,18H,8,15H2,1-3H3,(H,16,20)(H,17,19);1H/t9-,10?;/m0./s1. The van der Waals surface area contributed by atoms with Crippen LogP contribution in [0.5, 0.6) is 0 Å². The summed E-state index contributed by atoms with van der Waals surface area (Å²) in [4.78, 5) is 22.8. The van der Waals surface area contributed by atoms with Gasteiger partial charge in [0.05, 0.1) is 10.9 Å². The third kappa shape index (κ3) is 6.83. The van der Waals surface area contributed by atoms with Gasteiger partial charge in [-0.15, -0.1) is 12.4 Å². The van der Waals surface area contributed by atoms with Crippen molar-refractivity contribution in [3.05, 3.63) is 24.3 Å². The van der Waals surface area contributed by atoms with E-state index in [1.807, 2.05) is 0 Å². The predicted octanol–water partition coefficient (Wildman–Crippen LogP) is 0.197. The van der Waals surface area contributed by atoms with E-state index in [9.17, 15) is 18.0 Å². The fraction of sp³-hybridized carbons (Fsp3) is 0.429. The molecule has 1 aromatic carbocycles. The highest BCUT2D eigenvalue weighted by atomic mass is 35.5. The number of carbonyl (C=O) groups excluding carboxylic acids is 2. The Balaban J connectivity index is 0.00000529. The molecular formula is C14H23ClN4O4S. The molecule has 0 radical (unpaired) electrons. The number of benzene rings is 1. The van der Waals surface area contributed by atoms with Crippen molar-refractivity contribution >= 4 is 39.9 Å². The molecule has 0 fully saturated rings. The number of nitrogens with one attached hydrogen (secondary N) is 3. The second-order valence-corrected chi connectivity index (χ2v) is 6.91. The molecule has 10 heteroatoms. The van der Waals surface area contributed by atoms with Crippen molar-refractivity contribution in [3.63, 3.8) is 0 Å². The zero-order chi connectivity index (χ0) is 17.6. The van der Waals surface area contributed by atoms with E-state index in [1.165, 1.54) is 38.1 Å². The number of halogens is 1. The van der Waals surface area contributed by atoms with Crippen LogP contribution in [0, 0.1) is 0 Å². The molecule has 1 unspecified atom stereocenters. The molecule has 0 bridgehead atoms. The van der Waals surface area contributed by atoms with E-state index in [0.717, 1.165) is 0 Å². The molecule has 0 aliphatic carbocycles. The lowest BCUT2D eigenvalue weighted by Crippen LogP contribution is -2.48. The summed E-state index contributed by atoms with van der Waals surface area (Å²) in [6.45, 7) is 4.78. The van der Waals surface area contributed by atoms with Crippen LogP contribution in [-0.4, -0.2) is 38.9 Å². The van der Waals surface area contributed by atoms with Gasteiger partial charge in [-0.2, -0.15) is 4.72 Å². The Hall–Kier alpha value is -1.68. The van der Waals surface area contributed by atoms with Crippen LogP contribution in [0.25, 0.3) is 0 Å². The van der Waals surface area contributed by atoms with Crippen LogP contribution < -0.4 is 21.1 Å². The van der Waals surface area contributed by atoms with Crippen molar-refractivity contribution in [2.24, 2.45) is 5.73 Å². The summed E-state index contributed by atoms with van der Waals surface area (Å²) in [5.74, 6) is -0.709. The minimum absolute atomic E-state index is 0. The van der Waals surface area contributed by atoms with Gasteiger partial charge in [0.1, 0.15) is 0 Å². The Morgan fingerprint density at radius 2 is 1.71 bits per heavy atom. The van der Waals surface area contributed by atoms with E-state index in [4.69, 9.17) is 5.73 Å². The molecule has 0 aromatic heterocycles. The average molecular weight is 379 g/mol. The fourth-order valence-electron chi connectivity index (χ4n) is 1.70. The smallest absolute Gasteiger partial charge is 0.241 e. The van der Waals surface area contributed by atoms with Gasteiger partial charge < -0.3 is 16.4 Å². The number of nitrogens with two attached hydrogens (primary N) is 1. The van der Waals surface area contributed by atoms with Gasteiger partial charge in [0.2, 0.25) is 21.8 Å². The van der Waals surface area contributed by atoms with Gasteiger partial charge in [-0.1, -0.05) is 0 Å². The van der Waals surface area contributed by atoms with Gasteiger partial charge in [-0.25, -0.2) is 8.42 Å². The Kier molecular flexibility index (Phi) is 8.91. The predicted molar refractivity (Wildman–Crippen MR) is 94.4 cm³/mol. The van der Waals surface area contributed by atoms with Gasteiger partial charge in [0, 0.05) is 25.2 Å². The molecule has 5 N–H and O–H groups in total. The van der Waals surface area contributed by atoms with E-state index in [1.54, 1.807) is 6.92 Å². The molecule has 0 saturated heterocycles. The molecular weight excluding hydrogens is 356 g/mol. The first-order valence-corrected chi connectivity index (χ1v) is 8.54. The first-order valence-electron chi connectivity index (χ1n) is 7.06. The van der Waals surface area contributed by atoms with Crippen LogP contribution in [0.4, 0.5) is 5.69 Å². The van der Waals surface area contributed by atoms with E-state index in [0.29, 0.717) is 5.69 Å². The summed E-state index contributed by atoms with van der Waals surface area (Å²) in [6.07, 6.45) is 0. The third-order valence-electron chi connectivity index (χ3n) is 2.95. The summed E-state index contributed by atoms with van der Waals surface area (Å²) in [5, 5.41) is 5.14. The number of rotatable bonds is 7. The van der Waals surface area contributed by atoms with Crippen molar-refractivity contribution in [3.8, 4) is 0 Å². The van der Waals surface area contributed by atoms with E-state index in [2.05, 4.69) is 15.4 Å². The maximum atomic E-state index is 12.2. The summed E-state index contributed by atoms with van der Waals surface area (Å²) in [5.41, 5.74) is 5.89. The number of carbonyl (C=O) groups is 2. The molecule has 0 aliphatic rings. The largest absolute Gasteiger partial charge is 0.351 e. The molecule has 2 atom stereocenters. The lowest BCUT2D eigenvalue weighted by Gasteiger charge is -2.17. The maximum Gasteiger partial charge on any atom is 0.241 e. The summed E-state index contributed by atoms with van der Waals surface area (Å²) in [6, 6.07) is 4.45. The van der Waals surface area contributed by atoms with Crippen molar-refractivity contribution in [1.82, 2.24) is 10.0 Å². The molecule has 2 amide bonds. The van der Waals surface area contributed by atoms with Gasteiger partial charge in [0.15, 0.2) is 0 Å². The molecule has 0 saturated carbocycles. The second-order valence-electron chi connectivity index (χ2n) is 5.19. The Morgan fingerprint density at radius 3 is 2.17 bits per heavy atom. The third-order valence-corrected chi connectivity index (χ3v) is 4.51. The topological polar surface area (TPSA) is 130 Å². The van der Waals surface area contributed by atoms with Crippen LogP contribution in [0.1, 0.15) is 20.8 Å². The Labute approximate surface area is 148 Å². The minimum atomic E-state index is -3.85. The van der Waals surface area contributed by atoms with Gasteiger partial charge in [0.25, 0.3) is 0 Å². The molecule has 1 aromatic rings. The van der Waals surface area contributed by atoms with Crippen LogP contribution in [0.3, 0.4) is 0 Å². The SMILES string of the molecule is CC(=O)Nc1ccc(S(=O)(=O)NC(C)C(=O)N[C@@H](C)CN)cc1.Cl. The number of hydrogen-bond donors (Lipinski definition) is 4. The van der Waals surface area contributed by atoms with Crippen LogP contribution in [0.2, 0.25) is 0 Å². The fourth-order valence-corrected chi connectivity index (χ4v) is 2.90. The van der Waals surface area contributed by atoms with E-state index >= 15 is 0 Å². The second kappa shape index (κ2) is 9.58. The zero-order valence-electron chi connectivity index (χ0n) is 13.7. The lowest BCUT2D eigenvalue weighted by atomic mass is 10.3. The summed E-state index contributed by atoms with van der Waals surface area (Å²) in [7, 11) is -3.85. The van der Waals surface area contributed by atoms with Crippen molar-refractivity contribution in [2.75, 3.05) is 11.9 Å². The van der Waals surface area contributed by atoms with Crippen LogP contribution >= 0.6 is 12.4 Å². The molecule has 136 valence electrons. The molecule has 24 heavy (non-hydrogen) atoms. The Morgan fingerprint density at radius 1 is 1.17 bits per heavy atom. The summed E-state index contributed by atoms with van der Waals surface area (Å²) >= 11 is 0. The highest BCUT2D eigenvalue weighted by Gasteiger charge is 2.22. The first kappa shape index (κ1) is 22.3.